The molecule has 1 aliphatic rings. The van der Waals surface area contributed by atoms with Gasteiger partial charge < -0.3 is 0 Å². The Bertz CT molecular complexity index is 206. The van der Waals surface area contributed by atoms with Crippen LogP contribution in [0.15, 0.2) is 0 Å². The molecule has 0 N–H and O–H groups in total. The van der Waals surface area contributed by atoms with Gasteiger partial charge in [0.15, 0.2) is 0 Å². The van der Waals surface area contributed by atoms with Crippen molar-refractivity contribution < 1.29 is 4.39 Å². The Balaban J connectivity index is 2.17. The first kappa shape index (κ1) is 17.0. The highest BCUT2D eigenvalue weighted by molar-refractivity contribution is 4.82. The fraction of sp³-hybridized carbons (Fsp3) is 0.944. The summed E-state index contributed by atoms with van der Waals surface area (Å²) in [7, 11) is 0. The van der Waals surface area contributed by atoms with Crippen LogP contribution in [0, 0.1) is 24.2 Å². The Morgan fingerprint density at radius 2 is 1.79 bits per heavy atom. The van der Waals surface area contributed by atoms with Crippen LogP contribution in [0.4, 0.5) is 4.39 Å². The summed E-state index contributed by atoms with van der Waals surface area (Å²) in [5.41, 5.74) is 0. The summed E-state index contributed by atoms with van der Waals surface area (Å²) in [6, 6.07) is 0. The normalized spacial score (nSPS) is 27.2. The van der Waals surface area contributed by atoms with Gasteiger partial charge >= 0.3 is 0 Å². The van der Waals surface area contributed by atoms with Crippen molar-refractivity contribution >= 4 is 0 Å². The summed E-state index contributed by atoms with van der Waals surface area (Å²) in [6.07, 6.45) is 13.4. The maximum atomic E-state index is 13.9. The molecule has 1 rings (SSSR count). The highest BCUT2D eigenvalue weighted by Crippen LogP contribution is 2.37. The predicted octanol–water partition coefficient (Wildman–Crippen LogP) is 6.35. The van der Waals surface area contributed by atoms with E-state index in [1.54, 1.807) is 0 Å². The molecule has 2 unspecified atom stereocenters. The van der Waals surface area contributed by atoms with Gasteiger partial charge in [0.25, 0.3) is 0 Å². The van der Waals surface area contributed by atoms with Crippen molar-refractivity contribution in [3.05, 3.63) is 6.42 Å². The summed E-state index contributed by atoms with van der Waals surface area (Å²) in [5.74, 6) is 2.31. The standard InChI is InChI=1S/C18H34F/c1-4-6-7-9-18(19)14-15(3)17-12-10-16(8-5-2)11-13-17/h9,15-18H,4-8,10-14H2,1-3H3/t15?,16-,17-,18?. The molecule has 1 fully saturated rings. The summed E-state index contributed by atoms with van der Waals surface area (Å²) in [5, 5.41) is 0. The highest BCUT2D eigenvalue weighted by Gasteiger charge is 2.26. The highest BCUT2D eigenvalue weighted by atomic mass is 19.1. The van der Waals surface area contributed by atoms with Gasteiger partial charge in [0.1, 0.15) is 6.17 Å². The van der Waals surface area contributed by atoms with Gasteiger partial charge in [-0.25, -0.2) is 4.39 Å². The van der Waals surface area contributed by atoms with E-state index in [4.69, 9.17) is 0 Å². The fourth-order valence-corrected chi connectivity index (χ4v) is 3.60. The average molecular weight is 269 g/mol. The molecule has 0 saturated heterocycles. The molecule has 0 nitrogen and oxygen atoms in total. The van der Waals surface area contributed by atoms with E-state index in [1.807, 2.05) is 6.42 Å². The van der Waals surface area contributed by atoms with Crippen molar-refractivity contribution in [2.45, 2.75) is 91.2 Å². The van der Waals surface area contributed by atoms with Crippen molar-refractivity contribution in [3.8, 4) is 0 Å². The first-order valence-electron chi connectivity index (χ1n) is 8.64. The average Bonchev–Trinajstić information content (AvgIpc) is 2.40. The van der Waals surface area contributed by atoms with Crippen LogP contribution in [0.2, 0.25) is 0 Å². The van der Waals surface area contributed by atoms with E-state index in [1.165, 1.54) is 44.9 Å². The SMILES string of the molecule is CCCC[CH]C(F)CC(C)[C@H]1CC[C@H](CCC)CC1. The molecule has 113 valence electrons. The lowest BCUT2D eigenvalue weighted by Gasteiger charge is -2.32. The van der Waals surface area contributed by atoms with Crippen LogP contribution >= 0.6 is 0 Å². The Kier molecular flexibility index (Phi) is 8.74. The van der Waals surface area contributed by atoms with E-state index in [-0.39, 0.29) is 0 Å². The van der Waals surface area contributed by atoms with E-state index >= 15 is 0 Å². The topological polar surface area (TPSA) is 0 Å². The van der Waals surface area contributed by atoms with Gasteiger partial charge in [0, 0.05) is 0 Å². The van der Waals surface area contributed by atoms with E-state index < -0.39 is 6.17 Å². The molecule has 0 spiro atoms. The lowest BCUT2D eigenvalue weighted by molar-refractivity contribution is 0.175. The van der Waals surface area contributed by atoms with Crippen LogP contribution in [-0.2, 0) is 0 Å². The molecular formula is C18H34F. The molecule has 1 heteroatoms. The lowest BCUT2D eigenvalue weighted by Crippen LogP contribution is -2.22. The zero-order chi connectivity index (χ0) is 14.1. The number of unbranched alkanes of at least 4 members (excludes halogenated alkanes) is 2. The van der Waals surface area contributed by atoms with Crippen LogP contribution in [0.1, 0.15) is 85.0 Å². The zero-order valence-corrected chi connectivity index (χ0v) is 13.3. The minimum absolute atomic E-state index is 0.565. The molecule has 2 atom stereocenters. The number of alkyl halides is 1. The number of halogens is 1. The third-order valence-electron chi connectivity index (χ3n) is 4.97. The largest absolute Gasteiger partial charge is 0.247 e. The smallest absolute Gasteiger partial charge is 0.104 e. The second kappa shape index (κ2) is 9.77. The fourth-order valence-electron chi connectivity index (χ4n) is 3.60. The van der Waals surface area contributed by atoms with Gasteiger partial charge in [0.05, 0.1) is 0 Å². The zero-order valence-electron chi connectivity index (χ0n) is 13.3. The van der Waals surface area contributed by atoms with Crippen molar-refractivity contribution in [3.63, 3.8) is 0 Å². The van der Waals surface area contributed by atoms with Gasteiger partial charge in [0.2, 0.25) is 0 Å². The predicted molar refractivity (Wildman–Crippen MR) is 82.9 cm³/mol. The van der Waals surface area contributed by atoms with Crippen LogP contribution in [-0.4, -0.2) is 6.17 Å². The summed E-state index contributed by atoms with van der Waals surface area (Å²) < 4.78 is 13.9. The second-order valence-electron chi connectivity index (χ2n) is 6.68. The van der Waals surface area contributed by atoms with Gasteiger partial charge in [-0.1, -0.05) is 59.3 Å². The van der Waals surface area contributed by atoms with E-state index in [9.17, 15) is 4.39 Å². The van der Waals surface area contributed by atoms with Crippen LogP contribution in [0.25, 0.3) is 0 Å². The summed E-state index contributed by atoms with van der Waals surface area (Å²) in [6.45, 7) is 6.72. The Labute approximate surface area is 120 Å². The molecule has 0 aromatic rings. The molecule has 19 heavy (non-hydrogen) atoms. The third-order valence-corrected chi connectivity index (χ3v) is 4.97. The molecule has 0 aromatic heterocycles. The van der Waals surface area contributed by atoms with E-state index in [0.717, 1.165) is 31.1 Å². The number of rotatable bonds is 9. The molecule has 1 radical (unpaired) electrons. The Hall–Kier alpha value is -0.0700. The van der Waals surface area contributed by atoms with Crippen molar-refractivity contribution in [1.82, 2.24) is 0 Å². The molecular weight excluding hydrogens is 235 g/mol. The third kappa shape index (κ3) is 6.77. The monoisotopic (exact) mass is 269 g/mol. The van der Waals surface area contributed by atoms with Crippen LogP contribution < -0.4 is 0 Å². The minimum Gasteiger partial charge on any atom is -0.247 e. The maximum Gasteiger partial charge on any atom is 0.104 e. The molecule has 0 aromatic carbocycles. The van der Waals surface area contributed by atoms with Gasteiger partial charge in [-0.2, -0.15) is 0 Å². The Morgan fingerprint density at radius 1 is 1.11 bits per heavy atom. The number of hydrogen-bond acceptors (Lipinski definition) is 0. The van der Waals surface area contributed by atoms with E-state index in [2.05, 4.69) is 20.8 Å². The van der Waals surface area contributed by atoms with Crippen molar-refractivity contribution in [2.24, 2.45) is 17.8 Å². The molecule has 0 amide bonds. The summed E-state index contributed by atoms with van der Waals surface area (Å²) in [4.78, 5) is 0. The molecule has 0 bridgehead atoms. The van der Waals surface area contributed by atoms with Crippen LogP contribution in [0.3, 0.4) is 0 Å². The minimum atomic E-state index is -0.671. The van der Waals surface area contributed by atoms with Gasteiger partial charge in [-0.05, 0) is 49.9 Å². The first-order chi connectivity index (χ1) is 9.17. The van der Waals surface area contributed by atoms with Crippen molar-refractivity contribution in [2.75, 3.05) is 0 Å². The Morgan fingerprint density at radius 3 is 2.37 bits per heavy atom. The molecule has 0 heterocycles. The number of hydrogen-bond donors (Lipinski definition) is 0. The molecule has 1 aliphatic carbocycles. The van der Waals surface area contributed by atoms with E-state index in [0.29, 0.717) is 5.92 Å². The summed E-state index contributed by atoms with van der Waals surface area (Å²) >= 11 is 0. The molecule has 0 aliphatic heterocycles. The van der Waals surface area contributed by atoms with Crippen molar-refractivity contribution in [1.29, 1.82) is 0 Å². The van der Waals surface area contributed by atoms with Gasteiger partial charge in [-0.3, -0.25) is 0 Å². The van der Waals surface area contributed by atoms with Gasteiger partial charge in [-0.15, -0.1) is 0 Å². The second-order valence-corrected chi connectivity index (χ2v) is 6.68. The molecule has 1 saturated carbocycles. The van der Waals surface area contributed by atoms with Crippen LogP contribution in [0.5, 0.6) is 0 Å². The maximum absolute atomic E-state index is 13.9. The quantitative estimate of drug-likeness (QED) is 0.428. The lowest BCUT2D eigenvalue weighted by atomic mass is 9.74. The first-order valence-corrected chi connectivity index (χ1v) is 8.64.